The maximum atomic E-state index is 13.3. The second-order valence-electron chi connectivity index (χ2n) is 8.38. The monoisotopic (exact) mass is 494 g/mol. The number of Topliss-reactive ketones (excluding diaryl/α,β-unsaturated/α-hetero) is 1. The average molecular weight is 494 g/mol. The number of rotatable bonds is 8. The summed E-state index contributed by atoms with van der Waals surface area (Å²) in [5, 5.41) is 2.74. The zero-order valence-corrected chi connectivity index (χ0v) is 19.7. The Balaban J connectivity index is 1.48. The summed E-state index contributed by atoms with van der Waals surface area (Å²) >= 11 is 0. The molecule has 9 heteroatoms. The van der Waals surface area contributed by atoms with Gasteiger partial charge in [0.2, 0.25) is 5.91 Å². The van der Waals surface area contributed by atoms with Gasteiger partial charge in [-0.05, 0) is 73.5 Å². The van der Waals surface area contributed by atoms with E-state index >= 15 is 0 Å². The summed E-state index contributed by atoms with van der Waals surface area (Å²) in [5.74, 6) is -1.26. The first-order chi connectivity index (χ1) is 17.2. The molecule has 1 heterocycles. The van der Waals surface area contributed by atoms with Crippen molar-refractivity contribution < 1.29 is 32.6 Å². The Hall–Kier alpha value is -4.27. The molecule has 0 bridgehead atoms. The second-order valence-corrected chi connectivity index (χ2v) is 8.38. The van der Waals surface area contributed by atoms with Crippen LogP contribution >= 0.6 is 0 Å². The first-order valence-corrected chi connectivity index (χ1v) is 11.3. The SMILES string of the molecule is Cc1cc(F)ccc1OCC(=O)c1ccc2c(c1)N([C@H](C)C(=O)NCc1ccc(F)cc1)C(=O)CO2. The number of amides is 2. The van der Waals surface area contributed by atoms with E-state index < -0.39 is 23.7 Å². The first kappa shape index (κ1) is 24.8. The van der Waals surface area contributed by atoms with Gasteiger partial charge in [-0.3, -0.25) is 19.3 Å². The normalized spacial score (nSPS) is 13.4. The average Bonchev–Trinajstić information content (AvgIpc) is 2.86. The van der Waals surface area contributed by atoms with Crippen LogP contribution < -0.4 is 19.7 Å². The summed E-state index contributed by atoms with van der Waals surface area (Å²) in [5.41, 5.74) is 1.81. The van der Waals surface area contributed by atoms with E-state index in [-0.39, 0.29) is 36.9 Å². The Morgan fingerprint density at radius 1 is 1.06 bits per heavy atom. The van der Waals surface area contributed by atoms with Gasteiger partial charge in [0, 0.05) is 12.1 Å². The number of ketones is 1. The van der Waals surface area contributed by atoms with Gasteiger partial charge in [-0.25, -0.2) is 8.78 Å². The van der Waals surface area contributed by atoms with Crippen molar-refractivity contribution in [1.29, 1.82) is 0 Å². The van der Waals surface area contributed by atoms with Crippen molar-refractivity contribution in [1.82, 2.24) is 5.32 Å². The van der Waals surface area contributed by atoms with E-state index in [0.717, 1.165) is 0 Å². The number of fused-ring (bicyclic) bond motifs is 1. The number of aryl methyl sites for hydroxylation is 1. The number of nitrogens with one attached hydrogen (secondary N) is 1. The molecule has 0 saturated heterocycles. The van der Waals surface area contributed by atoms with Gasteiger partial charge in [-0.15, -0.1) is 0 Å². The smallest absolute Gasteiger partial charge is 0.265 e. The molecule has 0 fully saturated rings. The number of nitrogens with zero attached hydrogens (tertiary/aromatic N) is 1. The number of carbonyl (C=O) groups excluding carboxylic acids is 3. The number of hydrogen-bond acceptors (Lipinski definition) is 5. The van der Waals surface area contributed by atoms with E-state index in [9.17, 15) is 23.2 Å². The van der Waals surface area contributed by atoms with E-state index in [1.807, 2.05) is 0 Å². The minimum Gasteiger partial charge on any atom is -0.485 e. The molecule has 1 atom stereocenters. The molecule has 2 amide bonds. The number of anilines is 1. The van der Waals surface area contributed by atoms with Gasteiger partial charge >= 0.3 is 0 Å². The summed E-state index contributed by atoms with van der Waals surface area (Å²) in [6.45, 7) is 2.86. The highest BCUT2D eigenvalue weighted by Gasteiger charge is 2.33. The fourth-order valence-electron chi connectivity index (χ4n) is 3.83. The molecule has 0 radical (unpaired) electrons. The van der Waals surface area contributed by atoms with Crippen molar-refractivity contribution in [3.63, 3.8) is 0 Å². The Kier molecular flexibility index (Phi) is 7.28. The third-order valence-electron chi connectivity index (χ3n) is 5.80. The highest BCUT2D eigenvalue weighted by Crippen LogP contribution is 2.34. The molecule has 0 spiro atoms. The van der Waals surface area contributed by atoms with Gasteiger partial charge in [-0.1, -0.05) is 12.1 Å². The molecule has 1 N–H and O–H groups in total. The van der Waals surface area contributed by atoms with Crippen molar-refractivity contribution in [2.45, 2.75) is 26.4 Å². The minimum atomic E-state index is -0.899. The topological polar surface area (TPSA) is 84.9 Å². The second kappa shape index (κ2) is 10.6. The molecule has 0 aliphatic carbocycles. The maximum absolute atomic E-state index is 13.3. The zero-order valence-electron chi connectivity index (χ0n) is 19.7. The number of ether oxygens (including phenoxy) is 2. The van der Waals surface area contributed by atoms with Crippen LogP contribution in [0.3, 0.4) is 0 Å². The molecule has 1 aliphatic heterocycles. The van der Waals surface area contributed by atoms with Crippen molar-refractivity contribution in [2.24, 2.45) is 0 Å². The quantitative estimate of drug-likeness (QED) is 0.479. The fraction of sp³-hybridized carbons (Fsp3) is 0.222. The molecule has 186 valence electrons. The lowest BCUT2D eigenvalue weighted by molar-refractivity contribution is -0.127. The van der Waals surface area contributed by atoms with E-state index in [1.54, 1.807) is 38.1 Å². The lowest BCUT2D eigenvalue weighted by atomic mass is 10.1. The van der Waals surface area contributed by atoms with E-state index in [1.165, 1.54) is 41.3 Å². The van der Waals surface area contributed by atoms with Crippen molar-refractivity contribution in [2.75, 3.05) is 18.1 Å². The predicted octanol–water partition coefficient (Wildman–Crippen LogP) is 3.97. The van der Waals surface area contributed by atoms with Crippen LogP contribution in [0, 0.1) is 18.6 Å². The van der Waals surface area contributed by atoms with Crippen molar-refractivity contribution >= 4 is 23.3 Å². The summed E-state index contributed by atoms with van der Waals surface area (Å²) in [6.07, 6.45) is 0. The number of hydrogen-bond donors (Lipinski definition) is 1. The number of halogens is 2. The van der Waals surface area contributed by atoms with Gasteiger partial charge in [0.15, 0.2) is 19.0 Å². The van der Waals surface area contributed by atoms with E-state index in [2.05, 4.69) is 5.32 Å². The van der Waals surface area contributed by atoms with Crippen LogP contribution in [0.4, 0.5) is 14.5 Å². The largest absolute Gasteiger partial charge is 0.485 e. The molecular weight excluding hydrogens is 470 g/mol. The number of carbonyl (C=O) groups is 3. The van der Waals surface area contributed by atoms with Gasteiger partial charge in [0.1, 0.15) is 29.2 Å². The summed E-state index contributed by atoms with van der Waals surface area (Å²) in [6, 6.07) is 13.4. The number of benzene rings is 3. The standard InChI is InChI=1S/C27H24F2N2O5/c1-16-11-21(29)8-10-24(16)35-14-23(32)19-5-9-25-22(12-19)31(26(33)15-36-25)17(2)27(34)30-13-18-3-6-20(28)7-4-18/h3-12,17H,13-15H2,1-2H3,(H,30,34)/t17-/m1/s1. The van der Waals surface area contributed by atoms with Gasteiger partial charge in [0.25, 0.3) is 5.91 Å². The van der Waals surface area contributed by atoms with Crippen molar-refractivity contribution in [3.8, 4) is 11.5 Å². The molecule has 3 aromatic rings. The molecule has 7 nitrogen and oxygen atoms in total. The zero-order chi connectivity index (χ0) is 25.8. The minimum absolute atomic E-state index is 0.160. The Morgan fingerprint density at radius 2 is 1.78 bits per heavy atom. The van der Waals surface area contributed by atoms with Crippen LogP contribution in [0.5, 0.6) is 11.5 Å². The lowest BCUT2D eigenvalue weighted by Crippen LogP contribution is -2.51. The predicted molar refractivity (Wildman–Crippen MR) is 128 cm³/mol. The molecular formula is C27H24F2N2O5. The molecule has 36 heavy (non-hydrogen) atoms. The summed E-state index contributed by atoms with van der Waals surface area (Å²) in [7, 11) is 0. The Bertz CT molecular complexity index is 1310. The molecule has 0 aromatic heterocycles. The Morgan fingerprint density at radius 3 is 2.50 bits per heavy atom. The third kappa shape index (κ3) is 5.51. The van der Waals surface area contributed by atoms with Gasteiger partial charge in [-0.2, -0.15) is 0 Å². The van der Waals surface area contributed by atoms with Gasteiger partial charge < -0.3 is 14.8 Å². The van der Waals surface area contributed by atoms with E-state index in [0.29, 0.717) is 28.3 Å². The summed E-state index contributed by atoms with van der Waals surface area (Å²) in [4.78, 5) is 39.6. The molecule has 3 aromatic carbocycles. The van der Waals surface area contributed by atoms with Crippen LogP contribution in [-0.2, 0) is 16.1 Å². The maximum Gasteiger partial charge on any atom is 0.265 e. The van der Waals surface area contributed by atoms with Crippen molar-refractivity contribution in [3.05, 3.63) is 89.0 Å². The lowest BCUT2D eigenvalue weighted by Gasteiger charge is -2.33. The first-order valence-electron chi connectivity index (χ1n) is 11.3. The highest BCUT2D eigenvalue weighted by atomic mass is 19.1. The molecule has 0 unspecified atom stereocenters. The van der Waals surface area contributed by atoms with Crippen LogP contribution in [-0.4, -0.2) is 36.9 Å². The molecule has 1 aliphatic rings. The van der Waals surface area contributed by atoms with E-state index in [4.69, 9.17) is 9.47 Å². The van der Waals surface area contributed by atoms with Gasteiger partial charge in [0.05, 0.1) is 5.69 Å². The van der Waals surface area contributed by atoms with Crippen LogP contribution in [0.15, 0.2) is 60.7 Å². The van der Waals surface area contributed by atoms with Crippen LogP contribution in [0.1, 0.15) is 28.4 Å². The Labute approximate surface area is 206 Å². The fourth-order valence-corrected chi connectivity index (χ4v) is 3.83. The van der Waals surface area contributed by atoms with Crippen LogP contribution in [0.2, 0.25) is 0 Å². The molecule has 4 rings (SSSR count). The third-order valence-corrected chi connectivity index (χ3v) is 5.80. The highest BCUT2D eigenvalue weighted by molar-refractivity contribution is 6.05. The summed E-state index contributed by atoms with van der Waals surface area (Å²) < 4.78 is 37.5. The molecule has 0 saturated carbocycles. The van der Waals surface area contributed by atoms with Crippen LogP contribution in [0.25, 0.3) is 0 Å².